The number of carboxylic acids is 2. The number of aromatic nitrogens is 4. The number of ether oxygens (including phenoxy) is 1. The Hall–Kier alpha value is -4.97. The number of carbonyl (C=O) groups excluding carboxylic acids is 1. The Balaban J connectivity index is 0.000000409. The number of aliphatic carboxylic acids is 2. The summed E-state index contributed by atoms with van der Waals surface area (Å²) in [5.74, 6) is -4.75. The minimum atomic E-state index is -2.27. The van der Waals surface area contributed by atoms with Crippen molar-refractivity contribution in [1.29, 1.82) is 0 Å². The number of carbonyl (C=O) groups is 3. The normalized spacial score (nSPS) is 16.3. The molecule has 2 aromatic heterocycles. The molecule has 7 N–H and O–H groups in total. The Kier molecular flexibility index (Phi) is 10.9. The van der Waals surface area contributed by atoms with Crippen molar-refractivity contribution in [3.63, 3.8) is 0 Å². The molecule has 262 valence electrons. The number of hydrogen-bond acceptors (Lipinski definition) is 10. The number of phenols is 1. The van der Waals surface area contributed by atoms with E-state index in [1.54, 1.807) is 6.07 Å². The average Bonchev–Trinajstić information content (AvgIpc) is 3.62. The van der Waals surface area contributed by atoms with E-state index in [4.69, 9.17) is 30.1 Å². The van der Waals surface area contributed by atoms with Crippen molar-refractivity contribution in [3.8, 4) is 28.4 Å². The molecule has 2 aromatic carbocycles. The highest BCUT2D eigenvalue weighted by Gasteiger charge is 2.30. The highest BCUT2D eigenvalue weighted by atomic mass is 19.1. The molecule has 2 unspecified atom stereocenters. The van der Waals surface area contributed by atoms with Gasteiger partial charge in [0.05, 0.1) is 36.3 Å². The van der Waals surface area contributed by atoms with Crippen molar-refractivity contribution < 1.29 is 53.4 Å². The molecule has 0 saturated carbocycles. The van der Waals surface area contributed by atoms with Crippen LogP contribution in [0.25, 0.3) is 33.5 Å². The number of aliphatic hydroxyl groups excluding tert-OH is 2. The van der Waals surface area contributed by atoms with E-state index in [2.05, 4.69) is 20.1 Å². The van der Waals surface area contributed by atoms with E-state index in [0.29, 0.717) is 72.8 Å². The van der Waals surface area contributed by atoms with E-state index in [-0.39, 0.29) is 11.3 Å². The van der Waals surface area contributed by atoms with Gasteiger partial charge in [0.15, 0.2) is 29.6 Å². The molecule has 4 aromatic rings. The molecule has 0 radical (unpaired) electrons. The number of H-pyrrole nitrogens is 2. The molecule has 2 atom stereocenters. The van der Waals surface area contributed by atoms with Crippen LogP contribution in [-0.2, 0) is 38.5 Å². The van der Waals surface area contributed by atoms with Crippen molar-refractivity contribution in [1.82, 2.24) is 30.0 Å². The summed E-state index contributed by atoms with van der Waals surface area (Å²) in [6.45, 7) is 6.18. The van der Waals surface area contributed by atoms with Gasteiger partial charge in [-0.2, -0.15) is 5.10 Å². The zero-order valence-electron chi connectivity index (χ0n) is 26.4. The van der Waals surface area contributed by atoms with E-state index in [1.165, 1.54) is 18.2 Å². The smallest absolute Gasteiger partial charge is 0.335 e. The Morgan fingerprint density at radius 2 is 1.73 bits per heavy atom. The molecule has 4 heterocycles. The number of phenolic OH excluding ortho intramolecular Hbond substituents is 1. The molecule has 49 heavy (non-hydrogen) atoms. The zero-order valence-corrected chi connectivity index (χ0v) is 26.4. The Morgan fingerprint density at radius 1 is 1.00 bits per heavy atom. The summed E-state index contributed by atoms with van der Waals surface area (Å²) in [4.78, 5) is 44.4. The lowest BCUT2D eigenvalue weighted by molar-refractivity contribution is -0.165. The maximum absolute atomic E-state index is 15.5. The van der Waals surface area contributed by atoms with Crippen LogP contribution in [0.3, 0.4) is 0 Å². The van der Waals surface area contributed by atoms with Crippen LogP contribution in [0.5, 0.6) is 5.75 Å². The van der Waals surface area contributed by atoms with Gasteiger partial charge in [-0.3, -0.25) is 14.8 Å². The van der Waals surface area contributed by atoms with E-state index >= 15 is 4.39 Å². The minimum absolute atomic E-state index is 0.0630. The summed E-state index contributed by atoms with van der Waals surface area (Å²) >= 11 is 0. The number of nitrogens with one attached hydrogen (secondary N) is 2. The van der Waals surface area contributed by atoms with E-state index in [9.17, 15) is 23.9 Å². The van der Waals surface area contributed by atoms with Crippen molar-refractivity contribution >= 4 is 28.7 Å². The van der Waals surface area contributed by atoms with Crippen LogP contribution in [0, 0.1) is 11.6 Å². The number of carboxylic acid groups (broad SMARTS) is 2. The number of hydrogen-bond donors (Lipinski definition) is 7. The van der Waals surface area contributed by atoms with Gasteiger partial charge in [0, 0.05) is 38.4 Å². The number of nitrogens with zero attached hydrogens (tertiary/aromatic N) is 4. The molecule has 6 rings (SSSR count). The molecule has 17 heteroatoms. The standard InChI is InChI=1S/C28H30F2N6O3.C4H6O6/c1-2-16-12-24(37)19(29)13-18(16)17-10-20(30)26-22(11-17)33-34-27(26)28-31-21-4-6-36(14-23(21)32-28)25(38)15-35-5-3-8-39-9-7-35;5-1(3(7)8)2(6)4(9)10/h10-13,37H,2-9,14-15H2,1H3,(H,31,32)(H,33,34);1-2,5-6H,(H,7,8)(H,9,10). The van der Waals surface area contributed by atoms with E-state index in [1.807, 2.05) is 11.8 Å². The van der Waals surface area contributed by atoms with Gasteiger partial charge in [0.2, 0.25) is 5.91 Å². The van der Waals surface area contributed by atoms with Crippen LogP contribution < -0.4 is 0 Å². The molecule has 1 fully saturated rings. The third-order valence-corrected chi connectivity index (χ3v) is 8.37. The molecular formula is C32H36F2N6O9. The van der Waals surface area contributed by atoms with Gasteiger partial charge in [0.25, 0.3) is 0 Å². The topological polar surface area (TPSA) is 225 Å². The summed E-state index contributed by atoms with van der Waals surface area (Å²) in [5.41, 5.74) is 4.16. The van der Waals surface area contributed by atoms with Crippen LogP contribution in [-0.4, -0.2) is 125 Å². The van der Waals surface area contributed by atoms with Crippen molar-refractivity contribution in [2.75, 3.05) is 39.4 Å². The van der Waals surface area contributed by atoms with Crippen LogP contribution >= 0.6 is 0 Å². The highest BCUT2D eigenvalue weighted by molar-refractivity contribution is 5.95. The average molecular weight is 687 g/mol. The van der Waals surface area contributed by atoms with Gasteiger partial charge < -0.3 is 40.2 Å². The molecule has 2 aliphatic rings. The number of aryl methyl sites for hydroxylation is 1. The van der Waals surface area contributed by atoms with Gasteiger partial charge in [-0.15, -0.1) is 0 Å². The maximum atomic E-state index is 15.5. The lowest BCUT2D eigenvalue weighted by Crippen LogP contribution is -2.43. The number of aromatic amines is 2. The number of halogens is 2. The van der Waals surface area contributed by atoms with Gasteiger partial charge in [-0.1, -0.05) is 6.92 Å². The minimum Gasteiger partial charge on any atom is -0.505 e. The first kappa shape index (κ1) is 35.3. The highest BCUT2D eigenvalue weighted by Crippen LogP contribution is 2.35. The van der Waals surface area contributed by atoms with Crippen molar-refractivity contribution in [3.05, 3.63) is 52.9 Å². The Labute approximate surface area is 277 Å². The predicted octanol–water partition coefficient (Wildman–Crippen LogP) is 1.65. The first-order valence-electron chi connectivity index (χ1n) is 15.5. The molecule has 1 saturated heterocycles. The van der Waals surface area contributed by atoms with Gasteiger partial charge in [0.1, 0.15) is 11.5 Å². The maximum Gasteiger partial charge on any atom is 0.335 e. The lowest BCUT2D eigenvalue weighted by atomic mass is 9.96. The van der Waals surface area contributed by atoms with Crippen molar-refractivity contribution in [2.24, 2.45) is 0 Å². The quantitative estimate of drug-likeness (QED) is 0.141. The number of amides is 1. The molecule has 0 spiro atoms. The second-order valence-electron chi connectivity index (χ2n) is 11.7. The summed E-state index contributed by atoms with van der Waals surface area (Å²) < 4.78 is 35.1. The number of benzene rings is 2. The van der Waals surface area contributed by atoms with Crippen LogP contribution in [0.4, 0.5) is 8.78 Å². The second-order valence-corrected chi connectivity index (χ2v) is 11.7. The Morgan fingerprint density at radius 3 is 2.43 bits per heavy atom. The first-order valence-corrected chi connectivity index (χ1v) is 15.5. The number of imidazole rings is 1. The van der Waals surface area contributed by atoms with Crippen LogP contribution in [0.1, 0.15) is 30.3 Å². The first-order chi connectivity index (χ1) is 23.4. The molecule has 15 nitrogen and oxygen atoms in total. The SMILES string of the molecule is CCc1cc(O)c(F)cc1-c1cc(F)c2c(-c3nc4c([nH]3)CCN(C(=O)CN3CCCOCC3)C4)n[nH]c2c1.O=C(O)C(O)C(O)C(=O)O. The largest absolute Gasteiger partial charge is 0.505 e. The fraction of sp³-hybridized carbons (Fsp3) is 0.406. The van der Waals surface area contributed by atoms with Crippen molar-refractivity contribution in [2.45, 2.75) is 44.9 Å². The monoisotopic (exact) mass is 686 g/mol. The van der Waals surface area contributed by atoms with E-state index in [0.717, 1.165) is 37.5 Å². The number of aromatic hydroxyl groups is 1. The fourth-order valence-corrected chi connectivity index (χ4v) is 5.73. The molecule has 0 aliphatic carbocycles. The molecule has 0 bridgehead atoms. The van der Waals surface area contributed by atoms with E-state index < -0.39 is 41.5 Å². The summed E-state index contributed by atoms with van der Waals surface area (Å²) in [6, 6.07) is 5.66. The summed E-state index contributed by atoms with van der Waals surface area (Å²) in [7, 11) is 0. The zero-order chi connectivity index (χ0) is 35.4. The van der Waals surface area contributed by atoms with Gasteiger partial charge in [-0.05, 0) is 53.8 Å². The fourth-order valence-electron chi connectivity index (χ4n) is 5.73. The van der Waals surface area contributed by atoms with Gasteiger partial charge in [-0.25, -0.2) is 23.4 Å². The summed E-state index contributed by atoms with van der Waals surface area (Å²) in [6.07, 6.45) is -2.45. The Bertz CT molecular complexity index is 1840. The number of fused-ring (bicyclic) bond motifs is 2. The second kappa shape index (κ2) is 15.1. The third-order valence-electron chi connectivity index (χ3n) is 8.37. The molecule has 2 aliphatic heterocycles. The lowest BCUT2D eigenvalue weighted by Gasteiger charge is -2.28. The number of rotatable bonds is 8. The summed E-state index contributed by atoms with van der Waals surface area (Å²) in [5, 5.41) is 49.8. The molecule has 1 amide bonds. The predicted molar refractivity (Wildman–Crippen MR) is 168 cm³/mol. The third kappa shape index (κ3) is 7.86. The van der Waals surface area contributed by atoms with Crippen LogP contribution in [0.2, 0.25) is 0 Å². The molecular weight excluding hydrogens is 650 g/mol. The van der Waals surface area contributed by atoms with Crippen LogP contribution in [0.15, 0.2) is 24.3 Å². The number of aliphatic hydroxyl groups is 2. The van der Waals surface area contributed by atoms with Gasteiger partial charge >= 0.3 is 11.9 Å².